The van der Waals surface area contributed by atoms with Crippen LogP contribution in [0.3, 0.4) is 0 Å². The standard InChI is InChI=1S/C33H27Cl3N2O6S/c1-20-4-9-24(10-5-20)38-21(2)31(33(40)43-3)32(39)30(38)17-25-11-12-26(44-25)19-37(18-22-6-15-28(35)29(36)16-22)45(41,42)27-13-7-23(34)8-14-27/h4-17H,18-19H2,1-3H3/b30-17+. The molecule has 0 N–H and O–H groups in total. The van der Waals surface area contributed by atoms with Crippen molar-refractivity contribution in [3.8, 4) is 0 Å². The third-order valence-corrected chi connectivity index (χ3v) is 9.96. The third kappa shape index (κ3) is 6.88. The quantitative estimate of drug-likeness (QED) is 0.101. The summed E-state index contributed by atoms with van der Waals surface area (Å²) in [7, 11) is -2.81. The van der Waals surface area contributed by atoms with Crippen molar-refractivity contribution in [1.29, 1.82) is 0 Å². The van der Waals surface area contributed by atoms with Crippen LogP contribution in [-0.2, 0) is 37.4 Å². The Morgan fingerprint density at radius 1 is 0.911 bits per heavy atom. The predicted molar refractivity (Wildman–Crippen MR) is 174 cm³/mol. The first-order valence-corrected chi connectivity index (χ1v) is 16.2. The number of rotatable bonds is 9. The molecule has 0 saturated carbocycles. The summed E-state index contributed by atoms with van der Waals surface area (Å²) < 4.78 is 39.8. The zero-order chi connectivity index (χ0) is 32.5. The first-order chi connectivity index (χ1) is 21.4. The Bertz CT molecular complexity index is 1950. The van der Waals surface area contributed by atoms with Gasteiger partial charge in [-0.2, -0.15) is 4.31 Å². The van der Waals surface area contributed by atoms with Gasteiger partial charge in [0.25, 0.3) is 0 Å². The van der Waals surface area contributed by atoms with Crippen LogP contribution in [0.25, 0.3) is 6.08 Å². The van der Waals surface area contributed by atoms with Crippen molar-refractivity contribution >= 4 is 68.3 Å². The molecule has 0 bridgehead atoms. The van der Waals surface area contributed by atoms with Gasteiger partial charge in [-0.05, 0) is 80.1 Å². The Labute approximate surface area is 276 Å². The van der Waals surface area contributed by atoms with Crippen molar-refractivity contribution in [2.75, 3.05) is 12.0 Å². The van der Waals surface area contributed by atoms with Gasteiger partial charge in [-0.3, -0.25) is 4.79 Å². The molecule has 0 unspecified atom stereocenters. The number of esters is 1. The van der Waals surface area contributed by atoms with E-state index in [0.29, 0.717) is 37.8 Å². The fourth-order valence-corrected chi connectivity index (χ4v) is 6.72. The number of allylic oxidation sites excluding steroid dienone is 2. The van der Waals surface area contributed by atoms with Gasteiger partial charge in [-0.25, -0.2) is 13.2 Å². The number of furan rings is 1. The number of halogens is 3. The van der Waals surface area contributed by atoms with Gasteiger partial charge < -0.3 is 14.1 Å². The number of carbonyl (C=O) groups is 2. The summed E-state index contributed by atoms with van der Waals surface area (Å²) in [6.07, 6.45) is 1.52. The smallest absolute Gasteiger partial charge is 0.343 e. The average Bonchev–Trinajstić information content (AvgIpc) is 3.55. The predicted octanol–water partition coefficient (Wildman–Crippen LogP) is 7.82. The minimum atomic E-state index is -4.03. The van der Waals surface area contributed by atoms with Gasteiger partial charge in [0.15, 0.2) is 0 Å². The second-order valence-corrected chi connectivity index (χ2v) is 13.4. The number of carbonyl (C=O) groups excluding carboxylic acids is 2. The second kappa shape index (κ2) is 13.2. The van der Waals surface area contributed by atoms with Gasteiger partial charge >= 0.3 is 5.97 Å². The van der Waals surface area contributed by atoms with Crippen LogP contribution >= 0.6 is 34.8 Å². The topological polar surface area (TPSA) is 97.1 Å². The van der Waals surface area contributed by atoms with Gasteiger partial charge in [0.05, 0.1) is 34.3 Å². The molecule has 1 aliphatic heterocycles. The molecule has 4 aromatic rings. The number of ether oxygens (including phenoxy) is 1. The highest BCUT2D eigenvalue weighted by atomic mass is 35.5. The number of nitrogens with zero attached hydrogens (tertiary/aromatic N) is 2. The van der Waals surface area contributed by atoms with Crippen LogP contribution in [0, 0.1) is 6.92 Å². The van der Waals surface area contributed by atoms with Crippen molar-refractivity contribution in [2.45, 2.75) is 31.8 Å². The number of benzene rings is 3. The highest BCUT2D eigenvalue weighted by molar-refractivity contribution is 7.89. The van der Waals surface area contributed by atoms with Crippen LogP contribution in [0.15, 0.2) is 105 Å². The molecular formula is C33H27Cl3N2O6S. The Morgan fingerprint density at radius 3 is 2.24 bits per heavy atom. The monoisotopic (exact) mass is 684 g/mol. The maximum atomic E-state index is 13.8. The van der Waals surface area contributed by atoms with Crippen LogP contribution < -0.4 is 4.90 Å². The van der Waals surface area contributed by atoms with E-state index in [4.69, 9.17) is 44.0 Å². The van der Waals surface area contributed by atoms with E-state index in [-0.39, 0.29) is 35.0 Å². The van der Waals surface area contributed by atoms with E-state index in [1.54, 1.807) is 42.2 Å². The average molecular weight is 686 g/mol. The molecule has 3 aromatic carbocycles. The number of Topliss-reactive ketones (excluding diaryl/α,β-unsaturated/α-hetero) is 1. The van der Waals surface area contributed by atoms with E-state index < -0.39 is 21.8 Å². The number of hydrogen-bond acceptors (Lipinski definition) is 7. The summed E-state index contributed by atoms with van der Waals surface area (Å²) in [4.78, 5) is 27.7. The van der Waals surface area contributed by atoms with Crippen molar-refractivity contribution in [1.82, 2.24) is 4.31 Å². The lowest BCUT2D eigenvalue weighted by molar-refractivity contribution is -0.137. The largest absolute Gasteiger partial charge is 0.465 e. The molecule has 0 atom stereocenters. The number of anilines is 1. The summed E-state index contributed by atoms with van der Waals surface area (Å²) in [6, 6.07) is 21.5. The summed E-state index contributed by atoms with van der Waals surface area (Å²) >= 11 is 18.3. The number of ketones is 1. The number of hydrogen-bond donors (Lipinski definition) is 0. The van der Waals surface area contributed by atoms with E-state index in [2.05, 4.69) is 0 Å². The summed E-state index contributed by atoms with van der Waals surface area (Å²) in [6.45, 7) is 3.43. The molecule has 1 aromatic heterocycles. The van der Waals surface area contributed by atoms with Crippen LogP contribution in [0.4, 0.5) is 5.69 Å². The first kappa shape index (κ1) is 32.5. The molecule has 0 aliphatic carbocycles. The molecule has 1 aliphatic rings. The number of aryl methyl sites for hydroxylation is 1. The maximum Gasteiger partial charge on any atom is 0.343 e. The molecular weight excluding hydrogens is 659 g/mol. The van der Waals surface area contributed by atoms with Crippen molar-refractivity contribution < 1.29 is 27.2 Å². The van der Waals surface area contributed by atoms with Gasteiger partial charge in [-0.1, -0.05) is 58.6 Å². The van der Waals surface area contributed by atoms with Crippen LogP contribution in [-0.4, -0.2) is 31.6 Å². The molecule has 0 saturated heterocycles. The van der Waals surface area contributed by atoms with E-state index in [1.807, 2.05) is 31.2 Å². The highest BCUT2D eigenvalue weighted by Gasteiger charge is 2.38. The SMILES string of the molecule is COC(=O)C1=C(C)N(c2ccc(C)cc2)/C(=C/c2ccc(CN(Cc3ccc(Cl)c(Cl)c3)S(=O)(=O)c3ccc(Cl)cc3)o2)C1=O. The summed E-state index contributed by atoms with van der Waals surface area (Å²) in [5.74, 6) is -0.680. The fourth-order valence-electron chi connectivity index (χ4n) is 4.87. The van der Waals surface area contributed by atoms with Crippen LogP contribution in [0.5, 0.6) is 0 Å². The Balaban J connectivity index is 1.50. The zero-order valence-corrected chi connectivity index (χ0v) is 27.5. The fraction of sp³-hybridized carbons (Fsp3) is 0.152. The molecule has 0 spiro atoms. The first-order valence-electron chi connectivity index (χ1n) is 13.6. The molecule has 232 valence electrons. The normalized spacial score (nSPS) is 14.6. The van der Waals surface area contributed by atoms with Crippen LogP contribution in [0.1, 0.15) is 29.6 Å². The zero-order valence-electron chi connectivity index (χ0n) is 24.4. The molecule has 45 heavy (non-hydrogen) atoms. The maximum absolute atomic E-state index is 13.8. The molecule has 8 nitrogen and oxygen atoms in total. The minimum Gasteiger partial charge on any atom is -0.465 e. The number of methoxy groups -OCH3 is 1. The highest BCUT2D eigenvalue weighted by Crippen LogP contribution is 2.36. The van der Waals surface area contributed by atoms with Gasteiger partial charge in [0, 0.05) is 29.0 Å². The molecule has 0 amide bonds. The van der Waals surface area contributed by atoms with Gasteiger partial charge in [0.1, 0.15) is 17.1 Å². The molecule has 2 heterocycles. The minimum absolute atomic E-state index is 0.0374. The van der Waals surface area contributed by atoms with Crippen LogP contribution in [0.2, 0.25) is 15.1 Å². The Hall–Kier alpha value is -3.86. The summed E-state index contributed by atoms with van der Waals surface area (Å²) in [5.41, 5.74) is 2.81. The lowest BCUT2D eigenvalue weighted by Crippen LogP contribution is -2.30. The lowest BCUT2D eigenvalue weighted by atomic mass is 10.1. The van der Waals surface area contributed by atoms with E-state index in [0.717, 1.165) is 5.56 Å². The Kier molecular flexibility index (Phi) is 9.57. The number of sulfonamides is 1. The van der Waals surface area contributed by atoms with Gasteiger partial charge in [0.2, 0.25) is 15.8 Å². The molecule has 5 rings (SSSR count). The third-order valence-electron chi connectivity index (χ3n) is 7.17. The van der Waals surface area contributed by atoms with Gasteiger partial charge in [-0.15, -0.1) is 0 Å². The molecule has 0 radical (unpaired) electrons. The van der Waals surface area contributed by atoms with E-state index in [9.17, 15) is 18.0 Å². The lowest BCUT2D eigenvalue weighted by Gasteiger charge is -2.22. The summed E-state index contributed by atoms with van der Waals surface area (Å²) in [5, 5.41) is 1.03. The Morgan fingerprint density at radius 2 is 1.60 bits per heavy atom. The molecule has 12 heteroatoms. The van der Waals surface area contributed by atoms with Crippen molar-refractivity contribution in [2.24, 2.45) is 0 Å². The second-order valence-electron chi connectivity index (χ2n) is 10.3. The van der Waals surface area contributed by atoms with Crippen molar-refractivity contribution in [3.05, 3.63) is 134 Å². The van der Waals surface area contributed by atoms with E-state index >= 15 is 0 Å². The van der Waals surface area contributed by atoms with E-state index in [1.165, 1.54) is 41.8 Å². The van der Waals surface area contributed by atoms with Crippen molar-refractivity contribution in [3.63, 3.8) is 0 Å². The molecule has 0 fully saturated rings.